The molecule has 0 unspecified atom stereocenters. The van der Waals surface area contributed by atoms with Gasteiger partial charge in [0.25, 0.3) is 0 Å². The predicted molar refractivity (Wildman–Crippen MR) is 65.2 cm³/mol. The van der Waals surface area contributed by atoms with E-state index in [1.165, 1.54) is 5.56 Å². The number of nitrogens with zero attached hydrogens (tertiary/aromatic N) is 1. The van der Waals surface area contributed by atoms with E-state index in [4.69, 9.17) is 5.73 Å². The first-order valence-electron chi connectivity index (χ1n) is 5.47. The molecule has 1 amide bonds. The summed E-state index contributed by atoms with van der Waals surface area (Å²) in [4.78, 5) is 13.2. The monoisotopic (exact) mass is 219 g/mol. The molecule has 0 aromatic heterocycles. The number of nitrogens with one attached hydrogen (secondary N) is 1. The number of carbonyl (C=O) groups is 1. The third-order valence-electron chi connectivity index (χ3n) is 3.17. The van der Waals surface area contributed by atoms with E-state index in [0.29, 0.717) is 6.54 Å². The first-order valence-corrected chi connectivity index (χ1v) is 5.47. The van der Waals surface area contributed by atoms with Crippen LogP contribution in [-0.4, -0.2) is 24.4 Å². The number of fused-ring (bicyclic) bond motifs is 1. The number of hydrogen-bond acceptors (Lipinski definition) is 3. The lowest BCUT2D eigenvalue weighted by atomic mass is 9.97. The Balaban J connectivity index is 2.38. The molecule has 16 heavy (non-hydrogen) atoms. The lowest BCUT2D eigenvalue weighted by Gasteiger charge is -2.29. The van der Waals surface area contributed by atoms with Crippen molar-refractivity contribution in [3.63, 3.8) is 0 Å². The van der Waals surface area contributed by atoms with E-state index in [-0.39, 0.29) is 5.91 Å². The summed E-state index contributed by atoms with van der Waals surface area (Å²) in [6, 6.07) is 4.09. The van der Waals surface area contributed by atoms with Crippen LogP contribution in [0.5, 0.6) is 0 Å². The number of nitrogens with two attached hydrogens (primary N) is 1. The van der Waals surface area contributed by atoms with Crippen molar-refractivity contribution < 1.29 is 4.79 Å². The quantitative estimate of drug-likeness (QED) is 0.698. The van der Waals surface area contributed by atoms with Crippen LogP contribution in [0.4, 0.5) is 11.4 Å². The Bertz CT molecular complexity index is 429. The van der Waals surface area contributed by atoms with Gasteiger partial charge in [-0.2, -0.15) is 0 Å². The molecule has 2 rings (SSSR count). The molecule has 0 aliphatic carbocycles. The van der Waals surface area contributed by atoms with Crippen LogP contribution in [0.3, 0.4) is 0 Å². The Morgan fingerprint density at radius 2 is 2.25 bits per heavy atom. The molecule has 1 aromatic rings. The van der Waals surface area contributed by atoms with Crippen molar-refractivity contribution in [2.24, 2.45) is 0 Å². The van der Waals surface area contributed by atoms with Gasteiger partial charge in [-0.05, 0) is 23.6 Å². The number of carbonyl (C=O) groups excluding carboxylic acids is 1. The second kappa shape index (κ2) is 4.04. The largest absolute Gasteiger partial charge is 0.397 e. The van der Waals surface area contributed by atoms with Crippen LogP contribution in [0.25, 0.3) is 0 Å². The zero-order chi connectivity index (χ0) is 11.7. The summed E-state index contributed by atoms with van der Waals surface area (Å²) in [5.74, 6) is 0.111. The van der Waals surface area contributed by atoms with Crippen molar-refractivity contribution in [2.75, 3.05) is 24.6 Å². The molecule has 0 atom stereocenters. The molecule has 1 heterocycles. The number of nitrogen functional groups attached to an aromatic ring is 1. The number of benzene rings is 1. The van der Waals surface area contributed by atoms with Gasteiger partial charge in [0.2, 0.25) is 5.91 Å². The third kappa shape index (κ3) is 1.71. The molecule has 0 bridgehead atoms. The average molecular weight is 219 g/mol. The van der Waals surface area contributed by atoms with Crippen molar-refractivity contribution >= 4 is 17.3 Å². The van der Waals surface area contributed by atoms with E-state index < -0.39 is 0 Å². The van der Waals surface area contributed by atoms with Gasteiger partial charge >= 0.3 is 0 Å². The van der Waals surface area contributed by atoms with Crippen molar-refractivity contribution in [1.82, 2.24) is 4.90 Å². The van der Waals surface area contributed by atoms with Crippen molar-refractivity contribution in [1.29, 1.82) is 0 Å². The summed E-state index contributed by atoms with van der Waals surface area (Å²) >= 11 is 0. The number of rotatable bonds is 1. The molecule has 3 N–H and O–H groups in total. The van der Waals surface area contributed by atoms with Crippen LogP contribution in [-0.2, 0) is 17.8 Å². The number of amides is 1. The maximum absolute atomic E-state index is 11.3. The predicted octanol–water partition coefficient (Wildman–Crippen LogP) is 1.22. The summed E-state index contributed by atoms with van der Waals surface area (Å²) in [6.07, 6.45) is 0.892. The molecule has 4 heteroatoms. The smallest absolute Gasteiger partial charge is 0.219 e. The Labute approximate surface area is 95.4 Å². The fraction of sp³-hybridized carbons (Fsp3) is 0.417. The Morgan fingerprint density at radius 3 is 2.88 bits per heavy atom. The highest BCUT2D eigenvalue weighted by atomic mass is 16.2. The Kier molecular flexibility index (Phi) is 2.73. The molecule has 0 saturated heterocycles. The minimum atomic E-state index is 0.111. The standard InChI is InChI=1S/C12H17N3O/c1-8(16)15-6-5-9-3-4-11(14-2)12(13)10(9)7-15/h3-4,14H,5-7,13H2,1-2H3. The molecule has 0 saturated carbocycles. The van der Waals surface area contributed by atoms with Crippen LogP contribution in [0.2, 0.25) is 0 Å². The summed E-state index contributed by atoms with van der Waals surface area (Å²) in [5.41, 5.74) is 10.1. The van der Waals surface area contributed by atoms with Crippen LogP contribution in [0, 0.1) is 0 Å². The minimum absolute atomic E-state index is 0.111. The maximum atomic E-state index is 11.3. The fourth-order valence-electron chi connectivity index (χ4n) is 2.14. The molecule has 0 fully saturated rings. The second-order valence-electron chi connectivity index (χ2n) is 4.11. The summed E-state index contributed by atoms with van der Waals surface area (Å²) in [7, 11) is 1.85. The first kappa shape index (κ1) is 10.8. The van der Waals surface area contributed by atoms with Crippen LogP contribution < -0.4 is 11.1 Å². The van der Waals surface area contributed by atoms with Gasteiger partial charge in [0, 0.05) is 27.1 Å². The summed E-state index contributed by atoms with van der Waals surface area (Å²) < 4.78 is 0. The van der Waals surface area contributed by atoms with Crippen molar-refractivity contribution in [3.8, 4) is 0 Å². The van der Waals surface area contributed by atoms with Gasteiger partial charge in [0.15, 0.2) is 0 Å². The van der Waals surface area contributed by atoms with Gasteiger partial charge in [0.05, 0.1) is 11.4 Å². The van der Waals surface area contributed by atoms with Crippen molar-refractivity contribution in [2.45, 2.75) is 19.9 Å². The molecule has 86 valence electrons. The normalized spacial score (nSPS) is 14.5. The lowest BCUT2D eigenvalue weighted by Crippen LogP contribution is -2.34. The zero-order valence-corrected chi connectivity index (χ0v) is 9.71. The topological polar surface area (TPSA) is 58.4 Å². The van der Waals surface area contributed by atoms with E-state index in [9.17, 15) is 4.79 Å². The van der Waals surface area contributed by atoms with Gasteiger partial charge in [0.1, 0.15) is 0 Å². The maximum Gasteiger partial charge on any atom is 0.219 e. The lowest BCUT2D eigenvalue weighted by molar-refractivity contribution is -0.129. The number of hydrogen-bond donors (Lipinski definition) is 2. The van der Waals surface area contributed by atoms with Gasteiger partial charge in [-0.1, -0.05) is 6.07 Å². The fourth-order valence-corrected chi connectivity index (χ4v) is 2.14. The van der Waals surface area contributed by atoms with Gasteiger partial charge < -0.3 is 16.0 Å². The first-order chi connectivity index (χ1) is 7.63. The highest BCUT2D eigenvalue weighted by Gasteiger charge is 2.20. The molecule has 1 aliphatic heterocycles. The highest BCUT2D eigenvalue weighted by molar-refractivity contribution is 5.76. The van der Waals surface area contributed by atoms with E-state index in [1.54, 1.807) is 6.92 Å². The molecule has 1 aliphatic rings. The molecule has 0 radical (unpaired) electrons. The van der Waals surface area contributed by atoms with Gasteiger partial charge in [-0.3, -0.25) is 4.79 Å². The molecule has 1 aromatic carbocycles. The second-order valence-corrected chi connectivity index (χ2v) is 4.11. The minimum Gasteiger partial charge on any atom is -0.397 e. The molecular weight excluding hydrogens is 202 g/mol. The Hall–Kier alpha value is -1.71. The average Bonchev–Trinajstić information content (AvgIpc) is 2.29. The van der Waals surface area contributed by atoms with E-state index in [2.05, 4.69) is 11.4 Å². The molecular formula is C12H17N3O. The van der Waals surface area contributed by atoms with E-state index in [0.717, 1.165) is 29.9 Å². The summed E-state index contributed by atoms with van der Waals surface area (Å²) in [6.45, 7) is 3.02. The van der Waals surface area contributed by atoms with E-state index in [1.807, 2.05) is 18.0 Å². The van der Waals surface area contributed by atoms with Gasteiger partial charge in [-0.15, -0.1) is 0 Å². The third-order valence-corrected chi connectivity index (χ3v) is 3.17. The van der Waals surface area contributed by atoms with Crippen LogP contribution in [0.1, 0.15) is 18.1 Å². The van der Waals surface area contributed by atoms with Crippen molar-refractivity contribution in [3.05, 3.63) is 23.3 Å². The zero-order valence-electron chi connectivity index (χ0n) is 9.71. The highest BCUT2D eigenvalue weighted by Crippen LogP contribution is 2.30. The summed E-state index contributed by atoms with van der Waals surface area (Å²) in [5, 5.41) is 3.06. The van der Waals surface area contributed by atoms with E-state index >= 15 is 0 Å². The van der Waals surface area contributed by atoms with Crippen LogP contribution >= 0.6 is 0 Å². The molecule has 4 nitrogen and oxygen atoms in total. The molecule has 0 spiro atoms. The van der Waals surface area contributed by atoms with Crippen LogP contribution in [0.15, 0.2) is 12.1 Å². The SMILES string of the molecule is CNc1ccc2c(c1N)CN(C(C)=O)CC2. The van der Waals surface area contributed by atoms with Gasteiger partial charge in [-0.25, -0.2) is 0 Å². The Morgan fingerprint density at radius 1 is 1.50 bits per heavy atom. The number of anilines is 2.